The van der Waals surface area contributed by atoms with E-state index in [9.17, 15) is 4.79 Å². The highest BCUT2D eigenvalue weighted by Crippen LogP contribution is 2.07. The lowest BCUT2D eigenvalue weighted by Crippen LogP contribution is -2.30. The van der Waals surface area contributed by atoms with Gasteiger partial charge in [-0.25, -0.2) is 4.98 Å². The van der Waals surface area contributed by atoms with Crippen molar-refractivity contribution < 1.29 is 4.79 Å². The first kappa shape index (κ1) is 11.5. The normalized spacial score (nSPS) is 9.80. The Bertz CT molecular complexity index is 317. The van der Waals surface area contributed by atoms with Crippen LogP contribution in [0.2, 0.25) is 0 Å². The number of nitrogens with zero attached hydrogens (tertiary/aromatic N) is 2. The smallest absolute Gasteiger partial charge is 0.255 e. The molecular formula is C11H17N3O. The van der Waals surface area contributed by atoms with Gasteiger partial charge in [-0.1, -0.05) is 0 Å². The number of amides is 1. The summed E-state index contributed by atoms with van der Waals surface area (Å²) in [6.45, 7) is 5.39. The fraction of sp³-hybridized carbons (Fsp3) is 0.455. The second-order valence-electron chi connectivity index (χ2n) is 3.16. The minimum Gasteiger partial charge on any atom is -0.373 e. The predicted molar refractivity (Wildman–Crippen MR) is 61.0 cm³/mol. The fourth-order valence-corrected chi connectivity index (χ4v) is 1.36. The van der Waals surface area contributed by atoms with Crippen LogP contribution in [0.5, 0.6) is 0 Å². The number of nitrogens with one attached hydrogen (secondary N) is 1. The predicted octanol–water partition coefficient (Wildman–Crippen LogP) is 1.61. The lowest BCUT2D eigenvalue weighted by Gasteiger charge is -2.18. The number of anilines is 1. The van der Waals surface area contributed by atoms with Crippen LogP contribution in [-0.4, -0.2) is 35.9 Å². The molecule has 1 aromatic heterocycles. The monoisotopic (exact) mass is 207 g/mol. The van der Waals surface area contributed by atoms with E-state index in [2.05, 4.69) is 10.3 Å². The molecular weight excluding hydrogens is 190 g/mol. The van der Waals surface area contributed by atoms with E-state index in [1.165, 1.54) is 0 Å². The maximum absolute atomic E-state index is 11.9. The Hall–Kier alpha value is -1.58. The Morgan fingerprint density at radius 2 is 2.07 bits per heavy atom. The van der Waals surface area contributed by atoms with Crippen LogP contribution in [-0.2, 0) is 0 Å². The van der Waals surface area contributed by atoms with Crippen molar-refractivity contribution in [2.45, 2.75) is 13.8 Å². The summed E-state index contributed by atoms with van der Waals surface area (Å²) in [6.07, 6.45) is 1.60. The van der Waals surface area contributed by atoms with Crippen molar-refractivity contribution in [3.63, 3.8) is 0 Å². The van der Waals surface area contributed by atoms with Gasteiger partial charge in [0.1, 0.15) is 5.82 Å². The number of hydrogen-bond acceptors (Lipinski definition) is 3. The zero-order valence-corrected chi connectivity index (χ0v) is 9.45. The van der Waals surface area contributed by atoms with E-state index in [1.54, 1.807) is 30.3 Å². The molecule has 0 bridgehead atoms. The highest BCUT2D eigenvalue weighted by atomic mass is 16.2. The Kier molecular flexibility index (Phi) is 4.09. The molecule has 82 valence electrons. The van der Waals surface area contributed by atoms with Crippen LogP contribution in [0.3, 0.4) is 0 Å². The van der Waals surface area contributed by atoms with Crippen molar-refractivity contribution in [1.29, 1.82) is 0 Å². The molecule has 1 amide bonds. The van der Waals surface area contributed by atoms with Gasteiger partial charge in [-0.05, 0) is 26.0 Å². The van der Waals surface area contributed by atoms with E-state index in [1.807, 2.05) is 13.8 Å². The van der Waals surface area contributed by atoms with Crippen molar-refractivity contribution in [2.75, 3.05) is 25.5 Å². The molecule has 1 heterocycles. The van der Waals surface area contributed by atoms with Gasteiger partial charge in [-0.15, -0.1) is 0 Å². The van der Waals surface area contributed by atoms with Gasteiger partial charge in [0.15, 0.2) is 0 Å². The van der Waals surface area contributed by atoms with Gasteiger partial charge in [0.05, 0.1) is 5.56 Å². The van der Waals surface area contributed by atoms with E-state index >= 15 is 0 Å². The van der Waals surface area contributed by atoms with Crippen LogP contribution in [0.15, 0.2) is 18.3 Å². The number of pyridine rings is 1. The van der Waals surface area contributed by atoms with Gasteiger partial charge in [-0.3, -0.25) is 4.79 Å². The molecule has 15 heavy (non-hydrogen) atoms. The lowest BCUT2D eigenvalue weighted by molar-refractivity contribution is 0.0772. The maximum Gasteiger partial charge on any atom is 0.255 e. The second kappa shape index (κ2) is 5.34. The van der Waals surface area contributed by atoms with E-state index in [4.69, 9.17) is 0 Å². The Morgan fingerprint density at radius 1 is 1.40 bits per heavy atom. The molecule has 1 N–H and O–H groups in total. The molecule has 0 aromatic carbocycles. The minimum absolute atomic E-state index is 0.0372. The van der Waals surface area contributed by atoms with Crippen LogP contribution < -0.4 is 5.32 Å². The number of aromatic nitrogens is 1. The standard InChI is InChI=1S/C11H17N3O/c1-4-14(5-2)11(15)9-6-7-10(12-3)13-8-9/h6-8H,4-5H2,1-3H3,(H,12,13). The van der Waals surface area contributed by atoms with Gasteiger partial charge in [0.25, 0.3) is 5.91 Å². The van der Waals surface area contributed by atoms with Crippen molar-refractivity contribution in [3.05, 3.63) is 23.9 Å². The molecule has 1 aromatic rings. The minimum atomic E-state index is 0.0372. The van der Waals surface area contributed by atoms with Gasteiger partial charge >= 0.3 is 0 Å². The highest BCUT2D eigenvalue weighted by Gasteiger charge is 2.11. The molecule has 0 radical (unpaired) electrons. The summed E-state index contributed by atoms with van der Waals surface area (Å²) < 4.78 is 0. The highest BCUT2D eigenvalue weighted by molar-refractivity contribution is 5.94. The third-order valence-corrected chi connectivity index (χ3v) is 2.32. The average molecular weight is 207 g/mol. The molecule has 1 rings (SSSR count). The van der Waals surface area contributed by atoms with Crippen LogP contribution >= 0.6 is 0 Å². The second-order valence-corrected chi connectivity index (χ2v) is 3.16. The first-order valence-electron chi connectivity index (χ1n) is 5.16. The molecule has 0 aliphatic rings. The SMILES string of the molecule is CCN(CC)C(=O)c1ccc(NC)nc1. The van der Waals surface area contributed by atoms with Crippen molar-refractivity contribution in [3.8, 4) is 0 Å². The average Bonchev–Trinajstić information content (AvgIpc) is 2.30. The number of rotatable bonds is 4. The van der Waals surface area contributed by atoms with Crippen LogP contribution in [0.1, 0.15) is 24.2 Å². The summed E-state index contributed by atoms with van der Waals surface area (Å²) in [7, 11) is 1.80. The number of carbonyl (C=O) groups excluding carboxylic acids is 1. The topological polar surface area (TPSA) is 45.2 Å². The van der Waals surface area contributed by atoms with E-state index in [0.717, 1.165) is 18.9 Å². The molecule has 4 nitrogen and oxygen atoms in total. The van der Waals surface area contributed by atoms with Crippen LogP contribution in [0, 0.1) is 0 Å². The summed E-state index contributed by atoms with van der Waals surface area (Å²) >= 11 is 0. The zero-order valence-electron chi connectivity index (χ0n) is 9.45. The van der Waals surface area contributed by atoms with Gasteiger partial charge in [-0.2, -0.15) is 0 Å². The molecule has 0 aliphatic heterocycles. The van der Waals surface area contributed by atoms with E-state index < -0.39 is 0 Å². The number of carbonyl (C=O) groups is 1. The summed E-state index contributed by atoms with van der Waals surface area (Å²) in [5, 5.41) is 2.91. The molecule has 0 unspecified atom stereocenters. The molecule has 0 saturated heterocycles. The zero-order chi connectivity index (χ0) is 11.3. The Balaban J connectivity index is 2.82. The van der Waals surface area contributed by atoms with Crippen molar-refractivity contribution in [2.24, 2.45) is 0 Å². The Labute approximate surface area is 90.3 Å². The molecule has 0 saturated carbocycles. The maximum atomic E-state index is 11.9. The molecule has 0 spiro atoms. The fourth-order valence-electron chi connectivity index (χ4n) is 1.36. The molecule has 4 heteroatoms. The first-order chi connectivity index (χ1) is 7.22. The van der Waals surface area contributed by atoms with Gasteiger partial charge < -0.3 is 10.2 Å². The summed E-state index contributed by atoms with van der Waals surface area (Å²) in [6, 6.07) is 3.59. The molecule has 0 aliphatic carbocycles. The summed E-state index contributed by atoms with van der Waals surface area (Å²) in [5.74, 6) is 0.807. The molecule has 0 atom stereocenters. The van der Waals surface area contributed by atoms with Crippen molar-refractivity contribution in [1.82, 2.24) is 9.88 Å². The summed E-state index contributed by atoms with van der Waals surface area (Å²) in [4.78, 5) is 17.8. The largest absolute Gasteiger partial charge is 0.373 e. The number of hydrogen-bond donors (Lipinski definition) is 1. The lowest BCUT2D eigenvalue weighted by atomic mass is 10.2. The Morgan fingerprint density at radius 3 is 2.47 bits per heavy atom. The van der Waals surface area contributed by atoms with Crippen molar-refractivity contribution >= 4 is 11.7 Å². The van der Waals surface area contributed by atoms with Gasteiger partial charge in [0, 0.05) is 26.3 Å². The summed E-state index contributed by atoms with van der Waals surface area (Å²) in [5.41, 5.74) is 0.637. The van der Waals surface area contributed by atoms with E-state index in [-0.39, 0.29) is 5.91 Å². The van der Waals surface area contributed by atoms with Crippen LogP contribution in [0.4, 0.5) is 5.82 Å². The van der Waals surface area contributed by atoms with E-state index in [0.29, 0.717) is 5.56 Å². The third kappa shape index (κ3) is 2.68. The first-order valence-corrected chi connectivity index (χ1v) is 5.16. The van der Waals surface area contributed by atoms with Crippen LogP contribution in [0.25, 0.3) is 0 Å². The quantitative estimate of drug-likeness (QED) is 0.815. The third-order valence-electron chi connectivity index (χ3n) is 2.32. The molecule has 0 fully saturated rings. The van der Waals surface area contributed by atoms with Gasteiger partial charge in [0.2, 0.25) is 0 Å².